The fourth-order valence-corrected chi connectivity index (χ4v) is 3.13. The topological polar surface area (TPSA) is 63.7 Å². The Kier molecular flexibility index (Phi) is 4.03. The Hall–Kier alpha value is -3.99. The molecule has 5 heteroatoms. The van der Waals surface area contributed by atoms with Crippen LogP contribution in [0.1, 0.15) is 0 Å². The van der Waals surface area contributed by atoms with E-state index in [4.69, 9.17) is 9.72 Å². The van der Waals surface area contributed by atoms with Crippen LogP contribution >= 0.6 is 0 Å². The maximum absolute atomic E-state index is 5.89. The lowest BCUT2D eigenvalue weighted by atomic mass is 10.1. The van der Waals surface area contributed by atoms with E-state index in [0.717, 1.165) is 44.9 Å². The third-order valence-corrected chi connectivity index (χ3v) is 4.50. The summed E-state index contributed by atoms with van der Waals surface area (Å²) in [6, 6.07) is 23.6. The molecule has 0 saturated heterocycles. The first-order valence-electron chi connectivity index (χ1n) is 8.95. The number of H-pyrrole nitrogens is 1. The molecule has 0 spiro atoms. The first-order chi connectivity index (χ1) is 13.9. The number of hydrogen-bond acceptors (Lipinski definition) is 4. The highest BCUT2D eigenvalue weighted by Crippen LogP contribution is 2.31. The van der Waals surface area contributed by atoms with Gasteiger partial charge in [0.1, 0.15) is 11.5 Å². The number of para-hydroxylation sites is 1. The molecule has 0 unspecified atom stereocenters. The molecule has 0 radical (unpaired) electrons. The number of ether oxygens (including phenoxy) is 1. The predicted octanol–water partition coefficient (Wildman–Crippen LogP) is 5.48. The van der Waals surface area contributed by atoms with E-state index in [1.807, 2.05) is 79.0 Å². The SMILES string of the molecule is c1ccc(Oc2ccc(-c3nc(-c4cccnc4)cc4[nH]ncc34)cc2)cc1. The lowest BCUT2D eigenvalue weighted by Gasteiger charge is -2.09. The summed E-state index contributed by atoms with van der Waals surface area (Å²) in [5.41, 5.74) is 4.62. The maximum Gasteiger partial charge on any atom is 0.127 e. The molecule has 0 atom stereocenters. The van der Waals surface area contributed by atoms with Gasteiger partial charge in [-0.05, 0) is 54.6 Å². The second-order valence-electron chi connectivity index (χ2n) is 6.37. The molecule has 3 heterocycles. The molecule has 2 aromatic carbocycles. The Labute approximate surface area is 161 Å². The van der Waals surface area contributed by atoms with Crippen LogP contribution in [0.2, 0.25) is 0 Å². The van der Waals surface area contributed by atoms with Crippen LogP contribution < -0.4 is 4.74 Å². The zero-order valence-corrected chi connectivity index (χ0v) is 14.9. The van der Waals surface area contributed by atoms with Gasteiger partial charge in [-0.15, -0.1) is 0 Å². The van der Waals surface area contributed by atoms with Crippen LogP contribution in [-0.2, 0) is 0 Å². The summed E-state index contributed by atoms with van der Waals surface area (Å²) in [4.78, 5) is 9.09. The average Bonchev–Trinajstić information content (AvgIpc) is 3.24. The summed E-state index contributed by atoms with van der Waals surface area (Å²) < 4.78 is 5.89. The fraction of sp³-hybridized carbons (Fsp3) is 0. The number of nitrogens with zero attached hydrogens (tertiary/aromatic N) is 3. The number of aromatic amines is 1. The van der Waals surface area contributed by atoms with Crippen molar-refractivity contribution in [2.45, 2.75) is 0 Å². The molecular weight excluding hydrogens is 348 g/mol. The smallest absolute Gasteiger partial charge is 0.127 e. The second kappa shape index (κ2) is 6.96. The van der Waals surface area contributed by atoms with Crippen molar-refractivity contribution in [3.63, 3.8) is 0 Å². The van der Waals surface area contributed by atoms with Crippen molar-refractivity contribution in [1.82, 2.24) is 20.2 Å². The number of pyridine rings is 2. The van der Waals surface area contributed by atoms with Crippen LogP contribution in [0.25, 0.3) is 33.4 Å². The molecule has 0 fully saturated rings. The van der Waals surface area contributed by atoms with E-state index < -0.39 is 0 Å². The number of fused-ring (bicyclic) bond motifs is 1. The van der Waals surface area contributed by atoms with Crippen molar-refractivity contribution < 1.29 is 4.74 Å². The minimum atomic E-state index is 0.779. The van der Waals surface area contributed by atoms with Crippen LogP contribution in [0.15, 0.2) is 91.4 Å². The molecule has 5 rings (SSSR count). The van der Waals surface area contributed by atoms with E-state index in [0.29, 0.717) is 0 Å². The molecule has 5 nitrogen and oxygen atoms in total. The number of aromatic nitrogens is 4. The van der Waals surface area contributed by atoms with Gasteiger partial charge in [0.15, 0.2) is 0 Å². The molecule has 5 aromatic rings. The van der Waals surface area contributed by atoms with Crippen molar-refractivity contribution >= 4 is 10.9 Å². The number of nitrogens with one attached hydrogen (secondary N) is 1. The molecule has 0 amide bonds. The monoisotopic (exact) mass is 364 g/mol. The van der Waals surface area contributed by atoms with Crippen LogP contribution in [0, 0.1) is 0 Å². The Bertz CT molecular complexity index is 1220. The van der Waals surface area contributed by atoms with Crippen molar-refractivity contribution in [1.29, 1.82) is 0 Å². The van der Waals surface area contributed by atoms with E-state index in [2.05, 4.69) is 15.2 Å². The van der Waals surface area contributed by atoms with Gasteiger partial charge in [0.2, 0.25) is 0 Å². The molecule has 0 aliphatic heterocycles. The van der Waals surface area contributed by atoms with Crippen LogP contribution in [0.5, 0.6) is 11.5 Å². The average molecular weight is 364 g/mol. The number of benzene rings is 2. The van der Waals surface area contributed by atoms with Crippen LogP contribution in [-0.4, -0.2) is 20.2 Å². The molecule has 1 N–H and O–H groups in total. The second-order valence-corrected chi connectivity index (χ2v) is 6.37. The van der Waals surface area contributed by atoms with Gasteiger partial charge in [0, 0.05) is 28.9 Å². The summed E-state index contributed by atoms with van der Waals surface area (Å²) in [5, 5.41) is 8.22. The Morgan fingerprint density at radius 2 is 1.57 bits per heavy atom. The summed E-state index contributed by atoms with van der Waals surface area (Å²) in [6.45, 7) is 0. The maximum atomic E-state index is 5.89. The summed E-state index contributed by atoms with van der Waals surface area (Å²) in [5.74, 6) is 1.59. The van der Waals surface area contributed by atoms with Gasteiger partial charge in [-0.3, -0.25) is 10.1 Å². The van der Waals surface area contributed by atoms with E-state index >= 15 is 0 Å². The lowest BCUT2D eigenvalue weighted by Crippen LogP contribution is -1.91. The van der Waals surface area contributed by atoms with Gasteiger partial charge in [-0.2, -0.15) is 5.10 Å². The standard InChI is InChI=1S/C23H16N4O/c1-2-6-18(7-3-1)28-19-10-8-16(9-11-19)23-20-15-25-27-22(20)13-21(26-23)17-5-4-12-24-14-17/h1-15H,(H,25,27). The molecule has 3 aromatic heterocycles. The zero-order chi connectivity index (χ0) is 18.8. The summed E-state index contributed by atoms with van der Waals surface area (Å²) in [7, 11) is 0. The van der Waals surface area contributed by atoms with Gasteiger partial charge in [-0.25, -0.2) is 4.98 Å². The Morgan fingerprint density at radius 3 is 2.36 bits per heavy atom. The minimum absolute atomic E-state index is 0.779. The molecule has 0 aliphatic carbocycles. The van der Waals surface area contributed by atoms with Gasteiger partial charge >= 0.3 is 0 Å². The van der Waals surface area contributed by atoms with E-state index in [-0.39, 0.29) is 0 Å². The predicted molar refractivity (Wildman–Crippen MR) is 109 cm³/mol. The van der Waals surface area contributed by atoms with E-state index in [1.54, 1.807) is 12.4 Å². The van der Waals surface area contributed by atoms with Gasteiger partial charge in [0.05, 0.1) is 23.1 Å². The van der Waals surface area contributed by atoms with E-state index in [9.17, 15) is 0 Å². The van der Waals surface area contributed by atoms with Crippen molar-refractivity contribution in [2.24, 2.45) is 0 Å². The Balaban J connectivity index is 1.54. The largest absolute Gasteiger partial charge is 0.457 e. The lowest BCUT2D eigenvalue weighted by molar-refractivity contribution is 0.483. The molecule has 28 heavy (non-hydrogen) atoms. The molecule has 0 saturated carbocycles. The van der Waals surface area contributed by atoms with E-state index in [1.165, 1.54) is 0 Å². The number of hydrogen-bond donors (Lipinski definition) is 1. The van der Waals surface area contributed by atoms with Crippen molar-refractivity contribution in [2.75, 3.05) is 0 Å². The minimum Gasteiger partial charge on any atom is -0.457 e. The third kappa shape index (κ3) is 3.10. The van der Waals surface area contributed by atoms with Crippen LogP contribution in [0.4, 0.5) is 0 Å². The highest BCUT2D eigenvalue weighted by atomic mass is 16.5. The number of rotatable bonds is 4. The highest BCUT2D eigenvalue weighted by Gasteiger charge is 2.12. The summed E-state index contributed by atoms with van der Waals surface area (Å²) >= 11 is 0. The third-order valence-electron chi connectivity index (χ3n) is 4.50. The highest BCUT2D eigenvalue weighted by molar-refractivity contribution is 5.94. The normalized spacial score (nSPS) is 10.9. The first kappa shape index (κ1) is 16.2. The van der Waals surface area contributed by atoms with Crippen molar-refractivity contribution in [3.05, 3.63) is 91.4 Å². The van der Waals surface area contributed by atoms with Crippen molar-refractivity contribution in [3.8, 4) is 34.0 Å². The van der Waals surface area contributed by atoms with Crippen LogP contribution in [0.3, 0.4) is 0 Å². The van der Waals surface area contributed by atoms with Gasteiger partial charge < -0.3 is 4.74 Å². The fourth-order valence-electron chi connectivity index (χ4n) is 3.13. The molecular formula is C23H16N4O. The quantitative estimate of drug-likeness (QED) is 0.459. The van der Waals surface area contributed by atoms with Gasteiger partial charge in [0.25, 0.3) is 0 Å². The summed E-state index contributed by atoms with van der Waals surface area (Å²) in [6.07, 6.45) is 5.37. The Morgan fingerprint density at radius 1 is 0.750 bits per heavy atom. The molecule has 0 aliphatic rings. The zero-order valence-electron chi connectivity index (χ0n) is 14.9. The molecule has 134 valence electrons. The first-order valence-corrected chi connectivity index (χ1v) is 8.95. The van der Waals surface area contributed by atoms with Gasteiger partial charge in [-0.1, -0.05) is 18.2 Å². The molecule has 0 bridgehead atoms.